The second-order valence-electron chi connectivity index (χ2n) is 12.4. The number of aromatic nitrogens is 6. The van der Waals surface area contributed by atoms with Crippen LogP contribution in [0.3, 0.4) is 0 Å². The summed E-state index contributed by atoms with van der Waals surface area (Å²) >= 11 is 0. The van der Waals surface area contributed by atoms with Crippen molar-refractivity contribution in [2.75, 3.05) is 0 Å². The quantitative estimate of drug-likeness (QED) is 0.182. The van der Waals surface area contributed by atoms with Crippen molar-refractivity contribution in [2.24, 2.45) is 0 Å². The third kappa shape index (κ3) is 4.99. The SMILES string of the molecule is c1ccc(-c2nc(-c3ccccc3)nc(-c3ccc(-c4cc(-c5ccc6c(n5)oc5ccncc56)c5ncccc5c4)c4ccccc34)n2)cc1. The largest absolute Gasteiger partial charge is 0.438 e. The maximum absolute atomic E-state index is 6.14. The van der Waals surface area contributed by atoms with Crippen molar-refractivity contribution in [1.29, 1.82) is 0 Å². The minimum absolute atomic E-state index is 0.571. The first-order valence-corrected chi connectivity index (χ1v) is 16.7. The number of rotatable bonds is 5. The molecule has 0 N–H and O–H groups in total. The van der Waals surface area contributed by atoms with Gasteiger partial charge in [-0.1, -0.05) is 97.1 Å². The highest BCUT2D eigenvalue weighted by Crippen LogP contribution is 2.39. The van der Waals surface area contributed by atoms with Crippen molar-refractivity contribution >= 4 is 43.7 Å². The molecule has 7 heteroatoms. The Balaban J connectivity index is 1.16. The lowest BCUT2D eigenvalue weighted by molar-refractivity contribution is 0.654. The van der Waals surface area contributed by atoms with Crippen LogP contribution in [0, 0.1) is 0 Å². The summed E-state index contributed by atoms with van der Waals surface area (Å²) in [6, 6.07) is 47.2. The fourth-order valence-corrected chi connectivity index (χ4v) is 6.87. The van der Waals surface area contributed by atoms with E-state index in [2.05, 4.69) is 65.6 Å². The van der Waals surface area contributed by atoms with Crippen LogP contribution < -0.4 is 0 Å². The first-order chi connectivity index (χ1) is 25.3. The Labute approximate surface area is 292 Å². The summed E-state index contributed by atoms with van der Waals surface area (Å²) in [7, 11) is 0. The van der Waals surface area contributed by atoms with Crippen molar-refractivity contribution in [3.05, 3.63) is 158 Å². The third-order valence-corrected chi connectivity index (χ3v) is 9.29. The van der Waals surface area contributed by atoms with Crippen molar-refractivity contribution in [3.63, 3.8) is 0 Å². The molecule has 238 valence electrons. The van der Waals surface area contributed by atoms with Crippen molar-refractivity contribution < 1.29 is 4.42 Å². The smallest absolute Gasteiger partial charge is 0.227 e. The fourth-order valence-electron chi connectivity index (χ4n) is 6.87. The number of benzene rings is 5. The summed E-state index contributed by atoms with van der Waals surface area (Å²) in [6.07, 6.45) is 5.37. The van der Waals surface area contributed by atoms with Gasteiger partial charge in [-0.3, -0.25) is 9.97 Å². The van der Waals surface area contributed by atoms with Gasteiger partial charge in [-0.2, -0.15) is 0 Å². The first kappa shape index (κ1) is 28.9. The Hall–Kier alpha value is -7.12. The molecule has 0 aliphatic heterocycles. The minimum atomic E-state index is 0.571. The van der Waals surface area contributed by atoms with E-state index < -0.39 is 0 Å². The molecule has 0 aliphatic rings. The standard InChI is InChI=1S/C44H26N6O/c1-3-10-27(11-4-1)41-48-42(28-12-5-2-6-13-28)50-43(49-41)34-18-17-31(32-15-7-8-16-33(32)34)30-24-29-14-9-22-46-40(29)36(25-30)38-20-19-35-37-26-45-23-21-39(37)51-44(35)47-38/h1-26H. The van der Waals surface area contributed by atoms with E-state index in [0.29, 0.717) is 23.2 Å². The Morgan fingerprint density at radius 2 is 1.12 bits per heavy atom. The molecule has 0 radical (unpaired) electrons. The highest BCUT2D eigenvalue weighted by atomic mass is 16.3. The van der Waals surface area contributed by atoms with Crippen molar-refractivity contribution in [1.82, 2.24) is 29.9 Å². The predicted molar refractivity (Wildman–Crippen MR) is 203 cm³/mol. The average molecular weight is 655 g/mol. The van der Waals surface area contributed by atoms with Gasteiger partial charge in [0.1, 0.15) is 5.58 Å². The van der Waals surface area contributed by atoms with Gasteiger partial charge in [-0.25, -0.2) is 19.9 Å². The summed E-state index contributed by atoms with van der Waals surface area (Å²) in [5.74, 6) is 1.88. The van der Waals surface area contributed by atoms with Gasteiger partial charge in [0.2, 0.25) is 5.71 Å². The van der Waals surface area contributed by atoms with E-state index in [1.165, 1.54) is 0 Å². The van der Waals surface area contributed by atoms with Crippen LogP contribution in [0.1, 0.15) is 0 Å². The van der Waals surface area contributed by atoms with Gasteiger partial charge in [0.15, 0.2) is 17.5 Å². The molecule has 5 aromatic heterocycles. The lowest BCUT2D eigenvalue weighted by Crippen LogP contribution is -2.00. The van der Waals surface area contributed by atoms with Crippen LogP contribution in [0.5, 0.6) is 0 Å². The van der Waals surface area contributed by atoms with Gasteiger partial charge in [0, 0.05) is 57.0 Å². The molecule has 0 aliphatic carbocycles. The highest BCUT2D eigenvalue weighted by Gasteiger charge is 2.18. The fraction of sp³-hybridized carbons (Fsp3) is 0. The summed E-state index contributed by atoms with van der Waals surface area (Å²) in [5.41, 5.74) is 8.85. The van der Waals surface area contributed by atoms with Gasteiger partial charge in [0.05, 0.1) is 11.2 Å². The number of pyridine rings is 3. The van der Waals surface area contributed by atoms with Gasteiger partial charge in [-0.05, 0) is 64.4 Å². The zero-order valence-electron chi connectivity index (χ0n) is 27.1. The molecule has 0 saturated carbocycles. The van der Waals surface area contributed by atoms with Gasteiger partial charge >= 0.3 is 0 Å². The zero-order chi connectivity index (χ0) is 33.7. The second kappa shape index (κ2) is 11.8. The maximum atomic E-state index is 6.14. The van der Waals surface area contributed by atoms with E-state index in [1.807, 2.05) is 91.3 Å². The Bertz CT molecular complexity index is 2870. The molecule has 0 bridgehead atoms. The van der Waals surface area contributed by atoms with Crippen molar-refractivity contribution in [3.8, 4) is 56.5 Å². The van der Waals surface area contributed by atoms with E-state index >= 15 is 0 Å². The van der Waals surface area contributed by atoms with E-state index in [-0.39, 0.29) is 0 Å². The van der Waals surface area contributed by atoms with Crippen LogP contribution in [0.2, 0.25) is 0 Å². The molecule has 5 heterocycles. The minimum Gasteiger partial charge on any atom is -0.438 e. The zero-order valence-corrected chi connectivity index (χ0v) is 27.1. The summed E-state index contributed by atoms with van der Waals surface area (Å²) in [6.45, 7) is 0. The molecule has 0 spiro atoms. The number of hydrogen-bond acceptors (Lipinski definition) is 7. The highest BCUT2D eigenvalue weighted by molar-refractivity contribution is 6.08. The maximum Gasteiger partial charge on any atom is 0.227 e. The van der Waals surface area contributed by atoms with Crippen molar-refractivity contribution in [2.45, 2.75) is 0 Å². The molecule has 10 rings (SSSR count). The van der Waals surface area contributed by atoms with Gasteiger partial charge in [-0.15, -0.1) is 0 Å². The molecule has 0 amide bonds. The lowest BCUT2D eigenvalue weighted by atomic mass is 9.92. The van der Waals surface area contributed by atoms with Gasteiger partial charge in [0.25, 0.3) is 0 Å². The Morgan fingerprint density at radius 3 is 1.88 bits per heavy atom. The molecule has 0 unspecified atom stereocenters. The monoisotopic (exact) mass is 654 g/mol. The lowest BCUT2D eigenvalue weighted by Gasteiger charge is -2.15. The molecule has 0 fully saturated rings. The topological polar surface area (TPSA) is 90.5 Å². The van der Waals surface area contributed by atoms with Crippen LogP contribution >= 0.6 is 0 Å². The third-order valence-electron chi connectivity index (χ3n) is 9.29. The van der Waals surface area contributed by atoms with Crippen LogP contribution in [-0.2, 0) is 0 Å². The van der Waals surface area contributed by atoms with E-state index in [0.717, 1.165) is 77.1 Å². The predicted octanol–water partition coefficient (Wildman–Crippen LogP) is 10.6. The van der Waals surface area contributed by atoms with E-state index in [1.54, 1.807) is 6.20 Å². The molecule has 51 heavy (non-hydrogen) atoms. The molecule has 10 aromatic rings. The average Bonchev–Trinajstić information content (AvgIpc) is 3.58. The summed E-state index contributed by atoms with van der Waals surface area (Å²) < 4.78 is 6.14. The number of fused-ring (bicyclic) bond motifs is 5. The first-order valence-electron chi connectivity index (χ1n) is 16.7. The van der Waals surface area contributed by atoms with Gasteiger partial charge < -0.3 is 4.42 Å². The molecule has 0 saturated heterocycles. The van der Waals surface area contributed by atoms with E-state index in [4.69, 9.17) is 29.3 Å². The summed E-state index contributed by atoms with van der Waals surface area (Å²) in [5, 5.41) is 5.02. The molecule has 0 atom stereocenters. The Morgan fingerprint density at radius 1 is 0.431 bits per heavy atom. The molecule has 5 aromatic carbocycles. The van der Waals surface area contributed by atoms with Crippen LogP contribution in [0.4, 0.5) is 0 Å². The number of furan rings is 1. The molecule has 7 nitrogen and oxygen atoms in total. The molecular weight excluding hydrogens is 629 g/mol. The van der Waals surface area contributed by atoms with E-state index in [9.17, 15) is 0 Å². The van der Waals surface area contributed by atoms with Crippen LogP contribution in [-0.4, -0.2) is 29.9 Å². The normalized spacial score (nSPS) is 11.5. The molecular formula is C44H26N6O. The van der Waals surface area contributed by atoms with Crippen LogP contribution in [0.25, 0.3) is 100 Å². The summed E-state index contributed by atoms with van der Waals surface area (Å²) in [4.78, 5) is 29.0. The Kier molecular flexibility index (Phi) is 6.67. The van der Waals surface area contributed by atoms with Crippen LogP contribution in [0.15, 0.2) is 163 Å². The number of hydrogen-bond donors (Lipinski definition) is 0. The number of nitrogens with zero attached hydrogens (tertiary/aromatic N) is 6. The second-order valence-corrected chi connectivity index (χ2v) is 12.4.